The van der Waals surface area contributed by atoms with Gasteiger partial charge in [0.1, 0.15) is 17.1 Å². The van der Waals surface area contributed by atoms with E-state index < -0.39 is 0 Å². The van der Waals surface area contributed by atoms with Gasteiger partial charge in [0, 0.05) is 46.2 Å². The van der Waals surface area contributed by atoms with E-state index in [-0.39, 0.29) is 18.0 Å². The number of hydrogen-bond acceptors (Lipinski definition) is 5. The molecule has 0 saturated heterocycles. The Morgan fingerprint density at radius 2 is 1.88 bits per heavy atom. The minimum atomic E-state index is -0.377. The minimum absolute atomic E-state index is 0.123. The van der Waals surface area contributed by atoms with Gasteiger partial charge < -0.3 is 18.5 Å². The zero-order chi connectivity index (χ0) is 23.0. The fourth-order valence-corrected chi connectivity index (χ4v) is 4.29. The number of Topliss-reactive ketones (excluding diaryl/α,β-unsaturated/α-hetero) is 1. The summed E-state index contributed by atoms with van der Waals surface area (Å²) in [5.74, 6) is 1.10. The second-order valence-corrected chi connectivity index (χ2v) is 8.02. The first-order valence-electron chi connectivity index (χ1n) is 10.7. The number of nitrogens with zero attached hydrogens (tertiary/aromatic N) is 1. The molecule has 6 nitrogen and oxygen atoms in total. The molecule has 0 aliphatic heterocycles. The van der Waals surface area contributed by atoms with Crippen LogP contribution in [0.3, 0.4) is 0 Å². The summed E-state index contributed by atoms with van der Waals surface area (Å²) in [6, 6.07) is 11.0. The maximum absolute atomic E-state index is 13.2. The lowest BCUT2D eigenvalue weighted by Crippen LogP contribution is -2.13. The molecule has 0 fully saturated rings. The molecule has 4 aromatic rings. The van der Waals surface area contributed by atoms with Gasteiger partial charge in [-0.3, -0.25) is 4.79 Å². The first-order chi connectivity index (χ1) is 15.3. The van der Waals surface area contributed by atoms with Crippen LogP contribution in [0.15, 0.2) is 45.6 Å². The number of ether oxygens (including phenoxy) is 2. The highest BCUT2D eigenvalue weighted by Gasteiger charge is 2.20. The smallest absolute Gasteiger partial charge is 0.336 e. The van der Waals surface area contributed by atoms with Gasteiger partial charge in [-0.2, -0.15) is 0 Å². The lowest BCUT2D eigenvalue weighted by Gasteiger charge is -2.12. The molecule has 0 saturated carbocycles. The topological polar surface area (TPSA) is 70.7 Å². The molecular weight excluding hydrogens is 406 g/mol. The van der Waals surface area contributed by atoms with Gasteiger partial charge in [-0.05, 0) is 56.2 Å². The average Bonchev–Trinajstić information content (AvgIpc) is 3.03. The quantitative estimate of drug-likeness (QED) is 0.299. The zero-order valence-electron chi connectivity index (χ0n) is 19.1. The molecule has 0 spiro atoms. The number of ketones is 1. The van der Waals surface area contributed by atoms with Crippen molar-refractivity contribution in [3.05, 3.63) is 69.2 Å². The summed E-state index contributed by atoms with van der Waals surface area (Å²) in [5.41, 5.74) is 4.25. The van der Waals surface area contributed by atoms with E-state index in [0.717, 1.165) is 40.4 Å². The number of hydrogen-bond donors (Lipinski definition) is 0. The normalized spacial score (nSPS) is 11.3. The number of rotatable bonds is 7. The Balaban J connectivity index is 1.67. The molecule has 2 aromatic carbocycles. The van der Waals surface area contributed by atoms with Crippen molar-refractivity contribution in [3.8, 4) is 11.5 Å². The molecular formula is C26H27NO5. The summed E-state index contributed by atoms with van der Waals surface area (Å²) in [6.07, 6.45) is 1.73. The molecule has 0 aliphatic carbocycles. The van der Waals surface area contributed by atoms with Crippen molar-refractivity contribution < 1.29 is 18.7 Å². The van der Waals surface area contributed by atoms with Crippen molar-refractivity contribution in [2.75, 3.05) is 13.7 Å². The molecule has 4 rings (SSSR count). The molecule has 0 amide bonds. The third-order valence-electron chi connectivity index (χ3n) is 6.05. The standard InChI is InChI=1S/C26H27NO5/c1-6-7-17-12-24(29)32-26-15(2)23(11-9-19(17)26)31-14-22(28)25-16(3)27(4)21-10-8-18(30-5)13-20(21)25/h8-13H,6-7,14H2,1-5H3. The van der Waals surface area contributed by atoms with E-state index in [0.29, 0.717) is 28.2 Å². The average molecular weight is 434 g/mol. The maximum atomic E-state index is 13.2. The number of methoxy groups -OCH3 is 1. The zero-order valence-corrected chi connectivity index (χ0v) is 19.1. The van der Waals surface area contributed by atoms with Gasteiger partial charge in [-0.1, -0.05) is 13.3 Å². The third-order valence-corrected chi connectivity index (χ3v) is 6.05. The Morgan fingerprint density at radius 1 is 1.09 bits per heavy atom. The molecule has 0 radical (unpaired) electrons. The predicted octanol–water partition coefficient (Wildman–Crippen LogP) is 5.12. The van der Waals surface area contributed by atoms with Crippen LogP contribution in [-0.2, 0) is 13.5 Å². The number of benzene rings is 2. The fourth-order valence-electron chi connectivity index (χ4n) is 4.29. The van der Waals surface area contributed by atoms with E-state index in [9.17, 15) is 9.59 Å². The van der Waals surface area contributed by atoms with Crippen molar-refractivity contribution in [1.82, 2.24) is 4.57 Å². The first kappa shape index (κ1) is 21.7. The third kappa shape index (κ3) is 3.66. The lowest BCUT2D eigenvalue weighted by molar-refractivity contribution is 0.0922. The van der Waals surface area contributed by atoms with Gasteiger partial charge >= 0.3 is 5.63 Å². The molecule has 2 aromatic heterocycles. The number of aromatic nitrogens is 1. The van der Waals surface area contributed by atoms with Gasteiger partial charge in [0.15, 0.2) is 6.61 Å². The second-order valence-electron chi connectivity index (χ2n) is 8.02. The Morgan fingerprint density at radius 3 is 2.59 bits per heavy atom. The van der Waals surface area contributed by atoms with Crippen molar-refractivity contribution in [1.29, 1.82) is 0 Å². The second kappa shape index (κ2) is 8.54. The van der Waals surface area contributed by atoms with Gasteiger partial charge in [0.25, 0.3) is 0 Å². The lowest BCUT2D eigenvalue weighted by atomic mass is 10.0. The first-order valence-corrected chi connectivity index (χ1v) is 10.7. The van der Waals surface area contributed by atoms with Gasteiger partial charge in [-0.25, -0.2) is 4.79 Å². The summed E-state index contributed by atoms with van der Waals surface area (Å²) >= 11 is 0. The molecule has 0 unspecified atom stereocenters. The maximum Gasteiger partial charge on any atom is 0.336 e. The molecule has 32 heavy (non-hydrogen) atoms. The predicted molar refractivity (Wildman–Crippen MR) is 125 cm³/mol. The van der Waals surface area contributed by atoms with Gasteiger partial charge in [-0.15, -0.1) is 0 Å². The molecule has 2 heterocycles. The SMILES string of the molecule is CCCc1cc(=O)oc2c(C)c(OCC(=O)c3c(C)n(C)c4ccc(OC)cc34)ccc12. The molecule has 0 atom stereocenters. The van der Waals surface area contributed by atoms with E-state index in [4.69, 9.17) is 13.9 Å². The van der Waals surface area contributed by atoms with Crippen LogP contribution in [0.5, 0.6) is 11.5 Å². The largest absolute Gasteiger partial charge is 0.497 e. The molecule has 6 heteroatoms. The summed E-state index contributed by atoms with van der Waals surface area (Å²) in [5, 5.41) is 1.74. The monoisotopic (exact) mass is 433 g/mol. The summed E-state index contributed by atoms with van der Waals surface area (Å²) in [6.45, 7) is 5.71. The van der Waals surface area contributed by atoms with Crippen LogP contribution in [-0.4, -0.2) is 24.1 Å². The van der Waals surface area contributed by atoms with Gasteiger partial charge in [0.2, 0.25) is 5.78 Å². The van der Waals surface area contributed by atoms with E-state index in [1.807, 2.05) is 55.8 Å². The molecule has 0 bridgehead atoms. The van der Waals surface area contributed by atoms with Crippen LogP contribution in [0.25, 0.3) is 21.9 Å². The van der Waals surface area contributed by atoms with E-state index in [1.54, 1.807) is 13.2 Å². The summed E-state index contributed by atoms with van der Waals surface area (Å²) < 4.78 is 18.7. The Kier molecular flexibility index (Phi) is 5.78. The molecule has 166 valence electrons. The van der Waals surface area contributed by atoms with Crippen LogP contribution in [0.2, 0.25) is 0 Å². The highest BCUT2D eigenvalue weighted by molar-refractivity contribution is 6.10. The van der Waals surface area contributed by atoms with Crippen molar-refractivity contribution in [2.45, 2.75) is 33.6 Å². The van der Waals surface area contributed by atoms with Crippen molar-refractivity contribution in [2.24, 2.45) is 7.05 Å². The van der Waals surface area contributed by atoms with Crippen LogP contribution in [0.1, 0.15) is 40.5 Å². The van der Waals surface area contributed by atoms with Crippen molar-refractivity contribution in [3.63, 3.8) is 0 Å². The minimum Gasteiger partial charge on any atom is -0.497 e. The summed E-state index contributed by atoms with van der Waals surface area (Å²) in [4.78, 5) is 25.2. The van der Waals surface area contributed by atoms with E-state index in [1.165, 1.54) is 0 Å². The van der Waals surface area contributed by atoms with Crippen LogP contribution in [0, 0.1) is 13.8 Å². The molecule has 0 N–H and O–H groups in total. The molecule has 0 aliphatic rings. The van der Waals surface area contributed by atoms with E-state index in [2.05, 4.69) is 6.92 Å². The van der Waals surface area contributed by atoms with Crippen LogP contribution in [0.4, 0.5) is 0 Å². The number of fused-ring (bicyclic) bond motifs is 2. The number of carbonyl (C=O) groups is 1. The Bertz CT molecular complexity index is 1390. The summed E-state index contributed by atoms with van der Waals surface area (Å²) in [7, 11) is 3.54. The van der Waals surface area contributed by atoms with Crippen LogP contribution >= 0.6 is 0 Å². The van der Waals surface area contributed by atoms with Crippen molar-refractivity contribution >= 4 is 27.7 Å². The van der Waals surface area contributed by atoms with Gasteiger partial charge in [0.05, 0.1) is 7.11 Å². The highest BCUT2D eigenvalue weighted by Crippen LogP contribution is 2.31. The highest BCUT2D eigenvalue weighted by atomic mass is 16.5. The van der Waals surface area contributed by atoms with Crippen LogP contribution < -0.4 is 15.1 Å². The Labute approximate surface area is 186 Å². The fraction of sp³-hybridized carbons (Fsp3) is 0.308. The Hall–Kier alpha value is -3.54. The number of aryl methyl sites for hydroxylation is 3. The number of carbonyl (C=O) groups excluding carboxylic acids is 1. The van der Waals surface area contributed by atoms with E-state index >= 15 is 0 Å².